The van der Waals surface area contributed by atoms with Gasteiger partial charge in [-0.05, 0) is 24.1 Å². The molecule has 0 aliphatic heterocycles. The molecule has 2 rings (SSSR count). The summed E-state index contributed by atoms with van der Waals surface area (Å²) in [5.41, 5.74) is 2.84. The van der Waals surface area contributed by atoms with Crippen molar-refractivity contribution in [3.05, 3.63) is 47.9 Å². The first-order chi connectivity index (χ1) is 7.72. The minimum Gasteiger partial charge on any atom is -0.479 e. The first-order valence-electron chi connectivity index (χ1n) is 4.98. The number of hydrogen-bond donors (Lipinski definition) is 0. The predicted octanol–water partition coefficient (Wildman–Crippen LogP) is 3.20. The molecule has 16 heavy (non-hydrogen) atoms. The molecule has 0 bridgehead atoms. The second-order valence-electron chi connectivity index (χ2n) is 3.53. The fourth-order valence-corrected chi connectivity index (χ4v) is 1.62. The van der Waals surface area contributed by atoms with Crippen molar-refractivity contribution >= 4 is 0 Å². The Morgan fingerprint density at radius 3 is 2.62 bits per heavy atom. The minimum atomic E-state index is -0.441. The Morgan fingerprint density at radius 2 is 2.00 bits per heavy atom. The Kier molecular flexibility index (Phi) is 2.86. The van der Waals surface area contributed by atoms with Crippen LogP contribution >= 0.6 is 0 Å². The van der Waals surface area contributed by atoms with Gasteiger partial charge in [0, 0.05) is 11.8 Å². The number of rotatable bonds is 2. The lowest BCUT2D eigenvalue weighted by molar-refractivity contribution is 0.369. The highest BCUT2D eigenvalue weighted by atomic mass is 19.1. The Labute approximate surface area is 93.7 Å². The van der Waals surface area contributed by atoms with Gasteiger partial charge in [0.2, 0.25) is 5.88 Å². The summed E-state index contributed by atoms with van der Waals surface area (Å²) >= 11 is 0. The number of hydrogen-bond acceptors (Lipinski definition) is 2. The zero-order valence-electron chi connectivity index (χ0n) is 9.20. The van der Waals surface area contributed by atoms with E-state index in [1.807, 2.05) is 31.2 Å². The number of methoxy groups -OCH3 is 1. The fraction of sp³-hybridized carbons (Fsp3) is 0.154. The molecule has 1 aromatic carbocycles. The third-order valence-corrected chi connectivity index (χ3v) is 2.46. The predicted molar refractivity (Wildman–Crippen MR) is 60.9 cm³/mol. The standard InChI is InChI=1S/C13H12FNO/c1-9-5-3-4-6-11(9)10-7-12(14)13(16-2)15-8-10/h3-8H,1-2H3. The van der Waals surface area contributed by atoms with Crippen molar-refractivity contribution in [2.75, 3.05) is 7.11 Å². The molecule has 3 heteroatoms. The lowest BCUT2D eigenvalue weighted by Crippen LogP contribution is -1.93. The third kappa shape index (κ3) is 1.89. The van der Waals surface area contributed by atoms with Gasteiger partial charge in [0.1, 0.15) is 0 Å². The van der Waals surface area contributed by atoms with Crippen LogP contribution in [0.15, 0.2) is 36.5 Å². The van der Waals surface area contributed by atoms with Crippen molar-refractivity contribution in [3.63, 3.8) is 0 Å². The molecule has 0 aliphatic rings. The van der Waals surface area contributed by atoms with Crippen LogP contribution in [0.1, 0.15) is 5.56 Å². The van der Waals surface area contributed by atoms with Crippen LogP contribution in [0.25, 0.3) is 11.1 Å². The van der Waals surface area contributed by atoms with Gasteiger partial charge in [-0.3, -0.25) is 0 Å². The maximum atomic E-state index is 13.5. The van der Waals surface area contributed by atoms with Gasteiger partial charge in [0.25, 0.3) is 0 Å². The molecule has 0 atom stereocenters. The normalized spacial score (nSPS) is 10.2. The number of aryl methyl sites for hydroxylation is 1. The number of halogens is 1. The number of benzene rings is 1. The van der Waals surface area contributed by atoms with Crippen molar-refractivity contribution in [1.29, 1.82) is 0 Å². The first-order valence-corrected chi connectivity index (χ1v) is 4.98. The maximum Gasteiger partial charge on any atom is 0.250 e. The Bertz CT molecular complexity index is 511. The van der Waals surface area contributed by atoms with E-state index in [-0.39, 0.29) is 5.88 Å². The average molecular weight is 217 g/mol. The summed E-state index contributed by atoms with van der Waals surface area (Å²) < 4.78 is 18.3. The summed E-state index contributed by atoms with van der Waals surface area (Å²) in [5, 5.41) is 0. The smallest absolute Gasteiger partial charge is 0.250 e. The molecule has 1 heterocycles. The molecule has 0 spiro atoms. The van der Waals surface area contributed by atoms with Crippen molar-refractivity contribution in [1.82, 2.24) is 4.98 Å². The number of nitrogens with zero attached hydrogens (tertiary/aromatic N) is 1. The van der Waals surface area contributed by atoms with Gasteiger partial charge < -0.3 is 4.74 Å². The first kappa shape index (κ1) is 10.6. The van der Waals surface area contributed by atoms with Crippen LogP contribution in [0.5, 0.6) is 5.88 Å². The summed E-state index contributed by atoms with van der Waals surface area (Å²) in [4.78, 5) is 3.92. The van der Waals surface area contributed by atoms with Crippen molar-refractivity contribution in [3.8, 4) is 17.0 Å². The van der Waals surface area contributed by atoms with Crippen molar-refractivity contribution < 1.29 is 9.13 Å². The van der Waals surface area contributed by atoms with Crippen LogP contribution in [0.2, 0.25) is 0 Å². The summed E-state index contributed by atoms with van der Waals surface area (Å²) in [5.74, 6) is -0.416. The maximum absolute atomic E-state index is 13.5. The zero-order valence-corrected chi connectivity index (χ0v) is 9.20. The topological polar surface area (TPSA) is 22.1 Å². The molecule has 0 radical (unpaired) electrons. The van der Waals surface area contributed by atoms with Gasteiger partial charge in [0.15, 0.2) is 5.82 Å². The largest absolute Gasteiger partial charge is 0.479 e. The van der Waals surface area contributed by atoms with Crippen molar-refractivity contribution in [2.24, 2.45) is 0 Å². The Balaban J connectivity index is 2.50. The Morgan fingerprint density at radius 1 is 1.25 bits per heavy atom. The van der Waals surface area contributed by atoms with E-state index in [4.69, 9.17) is 4.74 Å². The minimum absolute atomic E-state index is 0.0253. The summed E-state index contributed by atoms with van der Waals surface area (Å²) in [6, 6.07) is 9.24. The number of pyridine rings is 1. The summed E-state index contributed by atoms with van der Waals surface area (Å²) in [6.07, 6.45) is 1.62. The molecule has 82 valence electrons. The average Bonchev–Trinajstić information content (AvgIpc) is 2.29. The third-order valence-electron chi connectivity index (χ3n) is 2.46. The van der Waals surface area contributed by atoms with Gasteiger partial charge in [-0.15, -0.1) is 0 Å². The number of aromatic nitrogens is 1. The van der Waals surface area contributed by atoms with Gasteiger partial charge in [0.05, 0.1) is 7.11 Å². The van der Waals surface area contributed by atoms with E-state index in [2.05, 4.69) is 4.98 Å². The van der Waals surface area contributed by atoms with Crippen LogP contribution < -0.4 is 4.74 Å². The molecule has 0 aliphatic carbocycles. The van der Waals surface area contributed by atoms with E-state index in [0.29, 0.717) is 0 Å². The van der Waals surface area contributed by atoms with E-state index < -0.39 is 5.82 Å². The zero-order chi connectivity index (χ0) is 11.5. The highest BCUT2D eigenvalue weighted by Gasteiger charge is 2.07. The van der Waals surface area contributed by atoms with E-state index in [1.54, 1.807) is 6.20 Å². The second-order valence-corrected chi connectivity index (χ2v) is 3.53. The SMILES string of the molecule is COc1ncc(-c2ccccc2C)cc1F. The summed E-state index contributed by atoms with van der Waals surface area (Å²) in [6.45, 7) is 1.98. The van der Waals surface area contributed by atoms with Gasteiger partial charge in [-0.2, -0.15) is 0 Å². The number of ether oxygens (including phenoxy) is 1. The highest BCUT2D eigenvalue weighted by molar-refractivity contribution is 5.66. The van der Waals surface area contributed by atoms with Crippen LogP contribution in [0, 0.1) is 12.7 Å². The molecule has 0 saturated heterocycles. The van der Waals surface area contributed by atoms with E-state index in [9.17, 15) is 4.39 Å². The molecule has 0 amide bonds. The molecule has 1 aromatic heterocycles. The molecular weight excluding hydrogens is 205 g/mol. The Hall–Kier alpha value is -1.90. The second kappa shape index (κ2) is 4.31. The molecule has 0 unspecified atom stereocenters. The molecule has 0 N–H and O–H groups in total. The van der Waals surface area contributed by atoms with Crippen LogP contribution in [-0.2, 0) is 0 Å². The highest BCUT2D eigenvalue weighted by Crippen LogP contribution is 2.25. The molecule has 2 aromatic rings. The van der Waals surface area contributed by atoms with E-state index in [0.717, 1.165) is 16.7 Å². The monoisotopic (exact) mass is 217 g/mol. The molecular formula is C13H12FNO. The van der Waals surface area contributed by atoms with Crippen LogP contribution in [-0.4, -0.2) is 12.1 Å². The lowest BCUT2D eigenvalue weighted by atomic mass is 10.0. The van der Waals surface area contributed by atoms with E-state index in [1.165, 1.54) is 13.2 Å². The summed E-state index contributed by atoms with van der Waals surface area (Å²) in [7, 11) is 1.40. The van der Waals surface area contributed by atoms with Crippen molar-refractivity contribution in [2.45, 2.75) is 6.92 Å². The van der Waals surface area contributed by atoms with E-state index >= 15 is 0 Å². The van der Waals surface area contributed by atoms with Gasteiger partial charge in [-0.25, -0.2) is 9.37 Å². The molecule has 0 saturated carbocycles. The molecule has 0 fully saturated rings. The van der Waals surface area contributed by atoms with Gasteiger partial charge >= 0.3 is 0 Å². The van der Waals surface area contributed by atoms with Crippen LogP contribution in [0.3, 0.4) is 0 Å². The van der Waals surface area contributed by atoms with Crippen LogP contribution in [0.4, 0.5) is 4.39 Å². The quantitative estimate of drug-likeness (QED) is 0.770. The lowest BCUT2D eigenvalue weighted by Gasteiger charge is -2.06. The fourth-order valence-electron chi connectivity index (χ4n) is 1.62. The molecule has 2 nitrogen and oxygen atoms in total. The van der Waals surface area contributed by atoms with Gasteiger partial charge in [-0.1, -0.05) is 24.3 Å².